The van der Waals surface area contributed by atoms with Crippen molar-refractivity contribution in [1.29, 1.82) is 0 Å². The van der Waals surface area contributed by atoms with Crippen molar-refractivity contribution in [3.05, 3.63) is 23.8 Å². The maximum absolute atomic E-state index is 12.1. The molecule has 22 heavy (non-hydrogen) atoms. The first-order valence-electron chi connectivity index (χ1n) is 6.02. The van der Waals surface area contributed by atoms with Gasteiger partial charge in [-0.2, -0.15) is 13.2 Å². The zero-order valence-corrected chi connectivity index (χ0v) is 12.6. The molecule has 3 N–H and O–H groups in total. The van der Waals surface area contributed by atoms with Gasteiger partial charge in [0.25, 0.3) is 0 Å². The van der Waals surface area contributed by atoms with Crippen LogP contribution in [-0.2, 0) is 21.2 Å². The zero-order valence-electron chi connectivity index (χ0n) is 11.8. The van der Waals surface area contributed by atoms with E-state index in [1.807, 2.05) is 0 Å². The van der Waals surface area contributed by atoms with Crippen molar-refractivity contribution in [2.75, 3.05) is 7.11 Å². The van der Waals surface area contributed by atoms with Gasteiger partial charge in [-0.25, -0.2) is 13.6 Å². The van der Waals surface area contributed by atoms with Crippen LogP contribution in [-0.4, -0.2) is 33.7 Å². The van der Waals surface area contributed by atoms with Gasteiger partial charge in [0.1, 0.15) is 10.6 Å². The van der Waals surface area contributed by atoms with Gasteiger partial charge in [0.05, 0.1) is 7.11 Å². The Labute approximate surface area is 125 Å². The SMILES string of the molecule is COc1ccc(C[C@@H](C)NC(=O)C(F)(F)F)cc1S(N)(=O)=O. The van der Waals surface area contributed by atoms with Crippen LogP contribution in [0.1, 0.15) is 12.5 Å². The summed E-state index contributed by atoms with van der Waals surface area (Å²) in [5, 5.41) is 6.82. The van der Waals surface area contributed by atoms with Crippen molar-refractivity contribution in [2.45, 2.75) is 30.5 Å². The summed E-state index contributed by atoms with van der Waals surface area (Å²) < 4.78 is 64.2. The number of hydrogen-bond acceptors (Lipinski definition) is 4. The molecular weight excluding hydrogens is 325 g/mol. The molecule has 0 saturated carbocycles. The summed E-state index contributed by atoms with van der Waals surface area (Å²) >= 11 is 0. The molecule has 0 aliphatic rings. The van der Waals surface area contributed by atoms with Crippen LogP contribution < -0.4 is 15.2 Å². The Balaban J connectivity index is 2.93. The second-order valence-corrected chi connectivity index (χ2v) is 6.14. The number of nitrogens with two attached hydrogens (primary N) is 1. The zero-order chi connectivity index (χ0) is 17.1. The van der Waals surface area contributed by atoms with Gasteiger partial charge in [0.15, 0.2) is 0 Å². The molecule has 1 aromatic rings. The first kappa shape index (κ1) is 18.2. The minimum absolute atomic E-state index is 0.00562. The van der Waals surface area contributed by atoms with E-state index in [0.717, 1.165) is 0 Å². The summed E-state index contributed by atoms with van der Waals surface area (Å²) in [7, 11) is -2.78. The molecule has 0 aliphatic heterocycles. The number of ether oxygens (including phenoxy) is 1. The molecule has 0 aromatic heterocycles. The third kappa shape index (κ3) is 4.88. The predicted octanol–water partition coefficient (Wildman–Crippen LogP) is 0.952. The maximum Gasteiger partial charge on any atom is 0.471 e. The molecule has 0 spiro atoms. The number of hydrogen-bond donors (Lipinski definition) is 2. The predicted molar refractivity (Wildman–Crippen MR) is 71.7 cm³/mol. The molecule has 124 valence electrons. The van der Waals surface area contributed by atoms with E-state index in [-0.39, 0.29) is 17.1 Å². The molecule has 0 unspecified atom stereocenters. The second-order valence-electron chi connectivity index (χ2n) is 4.61. The van der Waals surface area contributed by atoms with Crippen LogP contribution in [0.15, 0.2) is 23.1 Å². The van der Waals surface area contributed by atoms with Gasteiger partial charge < -0.3 is 10.1 Å². The number of rotatable bonds is 5. The molecule has 0 bridgehead atoms. The van der Waals surface area contributed by atoms with Crippen molar-refractivity contribution in [3.8, 4) is 5.75 Å². The fraction of sp³-hybridized carbons (Fsp3) is 0.417. The van der Waals surface area contributed by atoms with Gasteiger partial charge in [0.2, 0.25) is 10.0 Å². The molecule has 0 fully saturated rings. The number of primary sulfonamides is 1. The van der Waals surface area contributed by atoms with Gasteiger partial charge in [-0.1, -0.05) is 6.07 Å². The van der Waals surface area contributed by atoms with Crippen molar-refractivity contribution < 1.29 is 31.1 Å². The number of nitrogens with one attached hydrogen (secondary N) is 1. The van der Waals surface area contributed by atoms with Crippen LogP contribution in [0, 0.1) is 0 Å². The molecule has 1 amide bonds. The molecule has 0 radical (unpaired) electrons. The molecule has 1 atom stereocenters. The average Bonchev–Trinajstić information content (AvgIpc) is 2.36. The molecule has 1 aromatic carbocycles. The number of carbonyl (C=O) groups excluding carboxylic acids is 1. The summed E-state index contributed by atoms with van der Waals surface area (Å²) in [6, 6.07) is 3.16. The summed E-state index contributed by atoms with van der Waals surface area (Å²) in [4.78, 5) is 10.5. The number of benzene rings is 1. The van der Waals surface area contributed by atoms with E-state index in [9.17, 15) is 26.4 Å². The second kappa shape index (κ2) is 6.53. The smallest absolute Gasteiger partial charge is 0.471 e. The fourth-order valence-electron chi connectivity index (χ4n) is 1.78. The number of halogens is 3. The molecule has 10 heteroatoms. The Morgan fingerprint density at radius 2 is 2.00 bits per heavy atom. The highest BCUT2D eigenvalue weighted by atomic mass is 32.2. The Morgan fingerprint density at radius 3 is 2.45 bits per heavy atom. The van der Waals surface area contributed by atoms with Crippen LogP contribution in [0.5, 0.6) is 5.75 Å². The molecule has 1 rings (SSSR count). The Kier molecular flexibility index (Phi) is 5.41. The largest absolute Gasteiger partial charge is 0.495 e. The van der Waals surface area contributed by atoms with E-state index in [1.165, 1.54) is 32.2 Å². The number of sulfonamides is 1. The standard InChI is InChI=1S/C12H15F3N2O4S/c1-7(17-11(18)12(13,14)15)5-8-3-4-9(21-2)10(6-8)22(16,19)20/h3-4,6-7H,5H2,1-2H3,(H,17,18)(H2,16,19,20)/t7-/m1/s1. The normalized spacial score (nSPS) is 13.5. The highest BCUT2D eigenvalue weighted by Crippen LogP contribution is 2.24. The van der Waals surface area contributed by atoms with E-state index in [2.05, 4.69) is 0 Å². The van der Waals surface area contributed by atoms with Gasteiger partial charge >= 0.3 is 12.1 Å². The summed E-state index contributed by atoms with van der Waals surface area (Å²) in [6.07, 6.45) is -4.98. The summed E-state index contributed by atoms with van der Waals surface area (Å²) in [5.41, 5.74) is 0.389. The Hall–Kier alpha value is -1.81. The third-order valence-corrected chi connectivity index (χ3v) is 3.64. The Bertz CT molecular complexity index is 659. The molecular formula is C12H15F3N2O4S. The first-order valence-corrected chi connectivity index (χ1v) is 7.57. The lowest BCUT2D eigenvalue weighted by molar-refractivity contribution is -0.174. The molecule has 6 nitrogen and oxygen atoms in total. The summed E-state index contributed by atoms with van der Waals surface area (Å²) in [6.45, 7) is 1.37. The van der Waals surface area contributed by atoms with E-state index in [0.29, 0.717) is 5.56 Å². The van der Waals surface area contributed by atoms with Gasteiger partial charge in [-0.15, -0.1) is 0 Å². The highest BCUT2D eigenvalue weighted by molar-refractivity contribution is 7.89. The van der Waals surface area contributed by atoms with E-state index in [4.69, 9.17) is 9.88 Å². The maximum atomic E-state index is 12.1. The van der Waals surface area contributed by atoms with Gasteiger partial charge in [-0.3, -0.25) is 4.79 Å². The fourth-order valence-corrected chi connectivity index (χ4v) is 2.53. The quantitative estimate of drug-likeness (QED) is 0.834. The molecule has 0 aliphatic carbocycles. The number of amides is 1. The summed E-state index contributed by atoms with van der Waals surface area (Å²) in [5.74, 6) is -2.03. The topological polar surface area (TPSA) is 98.5 Å². The minimum atomic E-state index is -4.97. The van der Waals surface area contributed by atoms with Crippen molar-refractivity contribution >= 4 is 15.9 Å². The van der Waals surface area contributed by atoms with E-state index in [1.54, 1.807) is 5.32 Å². The Morgan fingerprint density at radius 1 is 1.41 bits per heavy atom. The lowest BCUT2D eigenvalue weighted by atomic mass is 10.1. The monoisotopic (exact) mass is 340 g/mol. The van der Waals surface area contributed by atoms with Gasteiger partial charge in [0, 0.05) is 6.04 Å². The lowest BCUT2D eigenvalue weighted by Gasteiger charge is -2.16. The first-order chi connectivity index (χ1) is 9.95. The van der Waals surface area contributed by atoms with E-state index < -0.39 is 28.1 Å². The minimum Gasteiger partial charge on any atom is -0.495 e. The van der Waals surface area contributed by atoms with Crippen LogP contribution >= 0.6 is 0 Å². The molecule has 0 heterocycles. The average molecular weight is 340 g/mol. The van der Waals surface area contributed by atoms with Crippen LogP contribution in [0.4, 0.5) is 13.2 Å². The third-order valence-electron chi connectivity index (χ3n) is 2.71. The van der Waals surface area contributed by atoms with Crippen LogP contribution in [0.25, 0.3) is 0 Å². The number of carbonyl (C=O) groups is 1. The highest BCUT2D eigenvalue weighted by Gasteiger charge is 2.39. The lowest BCUT2D eigenvalue weighted by Crippen LogP contribution is -2.42. The number of alkyl halides is 3. The number of methoxy groups -OCH3 is 1. The van der Waals surface area contributed by atoms with Crippen molar-refractivity contribution in [1.82, 2.24) is 5.32 Å². The van der Waals surface area contributed by atoms with Crippen molar-refractivity contribution in [3.63, 3.8) is 0 Å². The van der Waals surface area contributed by atoms with E-state index >= 15 is 0 Å². The van der Waals surface area contributed by atoms with Crippen LogP contribution in [0.3, 0.4) is 0 Å². The van der Waals surface area contributed by atoms with Crippen LogP contribution in [0.2, 0.25) is 0 Å². The van der Waals surface area contributed by atoms with Crippen molar-refractivity contribution in [2.24, 2.45) is 5.14 Å². The molecule has 0 saturated heterocycles. The van der Waals surface area contributed by atoms with Gasteiger partial charge in [-0.05, 0) is 31.0 Å².